The van der Waals surface area contributed by atoms with Gasteiger partial charge in [0.2, 0.25) is 0 Å². The third kappa shape index (κ3) is 2.83. The molecule has 1 aromatic carbocycles. The van der Waals surface area contributed by atoms with Gasteiger partial charge in [-0.3, -0.25) is 9.71 Å². The summed E-state index contributed by atoms with van der Waals surface area (Å²) in [5.74, 6) is 0.434. The summed E-state index contributed by atoms with van der Waals surface area (Å²) in [7, 11) is -2.23. The summed E-state index contributed by atoms with van der Waals surface area (Å²) >= 11 is 0. The monoisotopic (exact) mass is 293 g/mol. The normalized spacial score (nSPS) is 11.1. The zero-order chi connectivity index (χ0) is 14.8. The van der Waals surface area contributed by atoms with Crippen molar-refractivity contribution in [3.63, 3.8) is 0 Å². The van der Waals surface area contributed by atoms with Gasteiger partial charge in [0, 0.05) is 12.4 Å². The maximum absolute atomic E-state index is 12.3. The van der Waals surface area contributed by atoms with Crippen LogP contribution in [0.15, 0.2) is 41.6 Å². The number of rotatable bonds is 4. The van der Waals surface area contributed by atoms with Crippen molar-refractivity contribution >= 4 is 21.4 Å². The lowest BCUT2D eigenvalue weighted by Gasteiger charge is -2.11. The number of anilines is 2. The minimum Gasteiger partial charge on any atom is -0.495 e. The molecule has 0 amide bonds. The first-order valence-corrected chi connectivity index (χ1v) is 7.29. The second-order valence-electron chi connectivity index (χ2n) is 4.20. The number of methoxy groups -OCH3 is 1. The van der Waals surface area contributed by atoms with Crippen molar-refractivity contribution in [1.82, 2.24) is 4.98 Å². The Bertz CT molecular complexity index is 729. The number of nitrogens with two attached hydrogens (primary N) is 1. The number of nitrogen functional groups attached to an aromatic ring is 1. The van der Waals surface area contributed by atoms with E-state index < -0.39 is 10.0 Å². The van der Waals surface area contributed by atoms with Crippen LogP contribution in [0.5, 0.6) is 5.75 Å². The Labute approximate surface area is 117 Å². The molecule has 3 N–H and O–H groups in total. The predicted molar refractivity (Wildman–Crippen MR) is 77.2 cm³/mol. The fourth-order valence-electron chi connectivity index (χ4n) is 1.67. The summed E-state index contributed by atoms with van der Waals surface area (Å²) in [5, 5.41) is 0. The van der Waals surface area contributed by atoms with E-state index in [1.54, 1.807) is 19.2 Å². The van der Waals surface area contributed by atoms with E-state index in [0.717, 1.165) is 5.56 Å². The molecule has 0 bridgehead atoms. The Morgan fingerprint density at radius 2 is 2.05 bits per heavy atom. The van der Waals surface area contributed by atoms with Crippen LogP contribution >= 0.6 is 0 Å². The van der Waals surface area contributed by atoms with Crippen LogP contribution < -0.4 is 15.2 Å². The molecule has 0 radical (unpaired) electrons. The number of hydrogen-bond donors (Lipinski definition) is 2. The summed E-state index contributed by atoms with van der Waals surface area (Å²) in [4.78, 5) is 3.99. The molecule has 0 fully saturated rings. The van der Waals surface area contributed by atoms with Crippen molar-refractivity contribution < 1.29 is 13.2 Å². The first-order chi connectivity index (χ1) is 9.44. The summed E-state index contributed by atoms with van der Waals surface area (Å²) in [6.45, 7) is 1.77. The van der Waals surface area contributed by atoms with Gasteiger partial charge in [0.05, 0.1) is 23.4 Å². The van der Waals surface area contributed by atoms with E-state index in [1.807, 2.05) is 0 Å². The molecule has 0 saturated carbocycles. The molecule has 2 aromatic rings. The quantitative estimate of drug-likeness (QED) is 0.838. The first kappa shape index (κ1) is 14.1. The highest BCUT2D eigenvalue weighted by atomic mass is 32.2. The highest BCUT2D eigenvalue weighted by Crippen LogP contribution is 2.26. The van der Waals surface area contributed by atoms with Gasteiger partial charge in [-0.05, 0) is 36.8 Å². The van der Waals surface area contributed by atoms with Gasteiger partial charge in [-0.2, -0.15) is 0 Å². The summed E-state index contributed by atoms with van der Waals surface area (Å²) in [6.07, 6.45) is 3.10. The van der Waals surface area contributed by atoms with E-state index in [9.17, 15) is 8.42 Å². The van der Waals surface area contributed by atoms with Gasteiger partial charge in [-0.1, -0.05) is 0 Å². The minimum atomic E-state index is -3.70. The van der Waals surface area contributed by atoms with E-state index in [4.69, 9.17) is 10.5 Å². The number of aromatic nitrogens is 1. The van der Waals surface area contributed by atoms with E-state index in [-0.39, 0.29) is 10.6 Å². The molecule has 0 atom stereocenters. The fourth-order valence-corrected chi connectivity index (χ4v) is 2.84. The second kappa shape index (κ2) is 5.38. The van der Waals surface area contributed by atoms with Crippen LogP contribution in [0.4, 0.5) is 11.4 Å². The van der Waals surface area contributed by atoms with Crippen LogP contribution in [0, 0.1) is 6.92 Å². The Balaban J connectivity index is 2.36. The molecule has 0 saturated heterocycles. The van der Waals surface area contributed by atoms with Crippen LogP contribution in [-0.2, 0) is 10.0 Å². The van der Waals surface area contributed by atoms with Crippen molar-refractivity contribution in [1.29, 1.82) is 0 Å². The van der Waals surface area contributed by atoms with Crippen LogP contribution in [0.3, 0.4) is 0 Å². The zero-order valence-electron chi connectivity index (χ0n) is 11.1. The van der Waals surface area contributed by atoms with E-state index in [0.29, 0.717) is 11.4 Å². The van der Waals surface area contributed by atoms with Gasteiger partial charge >= 0.3 is 0 Å². The number of benzene rings is 1. The van der Waals surface area contributed by atoms with E-state index in [1.165, 1.54) is 31.5 Å². The largest absolute Gasteiger partial charge is 0.495 e. The average Bonchev–Trinajstić information content (AvgIpc) is 2.41. The highest BCUT2D eigenvalue weighted by Gasteiger charge is 2.16. The van der Waals surface area contributed by atoms with E-state index in [2.05, 4.69) is 9.71 Å². The van der Waals surface area contributed by atoms with Crippen molar-refractivity contribution in [2.75, 3.05) is 17.6 Å². The average molecular weight is 293 g/mol. The fraction of sp³-hybridized carbons (Fsp3) is 0.154. The molecule has 0 aliphatic carbocycles. The molecular weight excluding hydrogens is 278 g/mol. The summed E-state index contributed by atoms with van der Waals surface area (Å²) in [5.41, 5.74) is 7.20. The third-order valence-corrected chi connectivity index (χ3v) is 4.14. The Hall–Kier alpha value is -2.28. The molecule has 0 aliphatic heterocycles. The van der Waals surface area contributed by atoms with Gasteiger partial charge in [0.15, 0.2) is 0 Å². The van der Waals surface area contributed by atoms with Crippen molar-refractivity contribution in [2.24, 2.45) is 0 Å². The molecule has 6 nitrogen and oxygen atoms in total. The molecule has 1 heterocycles. The molecule has 0 unspecified atom stereocenters. The van der Waals surface area contributed by atoms with Gasteiger partial charge in [0.1, 0.15) is 5.75 Å². The van der Waals surface area contributed by atoms with Crippen LogP contribution in [0.25, 0.3) is 0 Å². The molecular formula is C13H15N3O3S. The van der Waals surface area contributed by atoms with Gasteiger partial charge in [0.25, 0.3) is 10.0 Å². The number of nitrogens with one attached hydrogen (secondary N) is 1. The van der Waals surface area contributed by atoms with Crippen LogP contribution in [-0.4, -0.2) is 20.5 Å². The SMILES string of the molecule is COc1ccc(S(=O)(=O)Nc2ccncc2C)cc1N. The molecule has 1 aromatic heterocycles. The second-order valence-corrected chi connectivity index (χ2v) is 5.88. The van der Waals surface area contributed by atoms with Gasteiger partial charge < -0.3 is 10.5 Å². The molecule has 106 valence electrons. The maximum atomic E-state index is 12.3. The molecule has 0 spiro atoms. The molecule has 20 heavy (non-hydrogen) atoms. The number of nitrogens with zero attached hydrogens (tertiary/aromatic N) is 1. The summed E-state index contributed by atoms with van der Waals surface area (Å²) < 4.78 is 32.1. The van der Waals surface area contributed by atoms with E-state index >= 15 is 0 Å². The smallest absolute Gasteiger partial charge is 0.261 e. The van der Waals surface area contributed by atoms with Crippen molar-refractivity contribution in [2.45, 2.75) is 11.8 Å². The molecule has 7 heteroatoms. The Morgan fingerprint density at radius 3 is 2.65 bits per heavy atom. The number of sulfonamides is 1. The number of hydrogen-bond acceptors (Lipinski definition) is 5. The lowest BCUT2D eigenvalue weighted by molar-refractivity contribution is 0.416. The Morgan fingerprint density at radius 1 is 1.30 bits per heavy atom. The zero-order valence-corrected chi connectivity index (χ0v) is 11.9. The molecule has 2 rings (SSSR count). The van der Waals surface area contributed by atoms with Crippen LogP contribution in [0.1, 0.15) is 5.56 Å². The maximum Gasteiger partial charge on any atom is 0.261 e. The Kier molecular flexibility index (Phi) is 3.80. The number of pyridine rings is 1. The highest BCUT2D eigenvalue weighted by molar-refractivity contribution is 7.92. The number of ether oxygens (including phenoxy) is 1. The van der Waals surface area contributed by atoms with Crippen LogP contribution in [0.2, 0.25) is 0 Å². The topological polar surface area (TPSA) is 94.3 Å². The predicted octanol–water partition coefficient (Wildman–Crippen LogP) is 1.78. The lowest BCUT2D eigenvalue weighted by Crippen LogP contribution is -2.14. The first-order valence-electron chi connectivity index (χ1n) is 5.81. The van der Waals surface area contributed by atoms with Crippen molar-refractivity contribution in [3.05, 3.63) is 42.2 Å². The standard InChI is InChI=1S/C13H15N3O3S/c1-9-8-15-6-5-12(9)16-20(17,18)10-3-4-13(19-2)11(14)7-10/h3-8H,14H2,1-2H3,(H,15,16). The summed E-state index contributed by atoms with van der Waals surface area (Å²) in [6, 6.07) is 5.91. The molecule has 0 aliphatic rings. The van der Waals surface area contributed by atoms with Gasteiger partial charge in [-0.15, -0.1) is 0 Å². The minimum absolute atomic E-state index is 0.0759. The van der Waals surface area contributed by atoms with Gasteiger partial charge in [-0.25, -0.2) is 8.42 Å². The third-order valence-electron chi connectivity index (χ3n) is 2.78. The van der Waals surface area contributed by atoms with Crippen molar-refractivity contribution in [3.8, 4) is 5.75 Å². The lowest BCUT2D eigenvalue weighted by atomic mass is 10.3. The number of aryl methyl sites for hydroxylation is 1.